The van der Waals surface area contributed by atoms with Crippen LogP contribution in [0.1, 0.15) is 0 Å². The number of rotatable bonds is 3. The molecule has 0 aliphatic heterocycles. The van der Waals surface area contributed by atoms with E-state index in [2.05, 4.69) is 0 Å². The first-order valence-corrected chi connectivity index (χ1v) is 3.81. The van der Waals surface area contributed by atoms with Gasteiger partial charge in [-0.3, -0.25) is 4.55 Å². The molecule has 7 heteroatoms. The number of hydrogen-bond acceptors (Lipinski definition) is 2. The maximum atomic E-state index is 11.7. The predicted molar refractivity (Wildman–Crippen MR) is 27.3 cm³/mol. The lowest BCUT2D eigenvalue weighted by Gasteiger charge is -2.02. The molecule has 0 radical (unpaired) electrons. The molecule has 0 amide bonds. The van der Waals surface area contributed by atoms with Gasteiger partial charge in [-0.15, -0.1) is 0 Å². The number of hydrogen-bond donors (Lipinski definition) is 1. The summed E-state index contributed by atoms with van der Waals surface area (Å²) in [6, 6.07) is 0. The van der Waals surface area contributed by atoms with Crippen LogP contribution in [0.5, 0.6) is 0 Å². The summed E-state index contributed by atoms with van der Waals surface area (Å²) >= 11 is 0. The predicted octanol–water partition coefficient (Wildman–Crippen LogP) is 0.477. The maximum Gasteiger partial charge on any atom is 0.270 e. The maximum absolute atomic E-state index is 11.7. The molecule has 0 saturated carbocycles. The van der Waals surface area contributed by atoms with Crippen molar-refractivity contribution in [3.63, 3.8) is 0 Å². The first-order valence-electron chi connectivity index (χ1n) is 2.20. The van der Waals surface area contributed by atoms with E-state index in [-0.39, 0.29) is 0 Å². The molecule has 0 heterocycles. The molecule has 0 aliphatic carbocycles. The van der Waals surface area contributed by atoms with Gasteiger partial charge in [-0.1, -0.05) is 0 Å². The Bertz CT molecular complexity index is 187. The lowest BCUT2D eigenvalue weighted by molar-refractivity contribution is 0.0610. The standard InChI is InChI=1S/C3H5F3O3S/c4-2(3(5)6)1-10(7,8)9/h2-3H,1H2,(H,7,8,9). The van der Waals surface area contributed by atoms with Crippen LogP contribution in [-0.2, 0) is 10.1 Å². The van der Waals surface area contributed by atoms with Crippen molar-refractivity contribution in [1.82, 2.24) is 0 Å². The molecule has 1 N–H and O–H groups in total. The average Bonchev–Trinajstić information content (AvgIpc) is 1.60. The van der Waals surface area contributed by atoms with Gasteiger partial charge in [0.2, 0.25) is 0 Å². The van der Waals surface area contributed by atoms with E-state index in [9.17, 15) is 21.6 Å². The molecular weight excluding hydrogens is 173 g/mol. The molecular formula is C3H5F3O3S. The van der Waals surface area contributed by atoms with Crippen molar-refractivity contribution in [2.75, 3.05) is 5.75 Å². The van der Waals surface area contributed by atoms with E-state index in [4.69, 9.17) is 4.55 Å². The Morgan fingerprint density at radius 2 is 1.70 bits per heavy atom. The lowest BCUT2D eigenvalue weighted by Crippen LogP contribution is -2.22. The van der Waals surface area contributed by atoms with Crippen LogP contribution in [0.3, 0.4) is 0 Å². The Morgan fingerprint density at radius 3 is 1.80 bits per heavy atom. The first kappa shape index (κ1) is 9.70. The second-order valence-electron chi connectivity index (χ2n) is 1.60. The summed E-state index contributed by atoms with van der Waals surface area (Å²) < 4.78 is 61.4. The van der Waals surface area contributed by atoms with Crippen molar-refractivity contribution in [2.45, 2.75) is 12.6 Å². The molecule has 3 nitrogen and oxygen atoms in total. The molecule has 0 saturated heterocycles. The van der Waals surface area contributed by atoms with Crippen molar-refractivity contribution in [3.8, 4) is 0 Å². The van der Waals surface area contributed by atoms with E-state index < -0.39 is 28.5 Å². The normalized spacial score (nSPS) is 15.7. The van der Waals surface area contributed by atoms with Crippen molar-refractivity contribution >= 4 is 10.1 Å². The van der Waals surface area contributed by atoms with Crippen LogP contribution in [0.4, 0.5) is 13.2 Å². The van der Waals surface area contributed by atoms with Gasteiger partial charge in [-0.2, -0.15) is 8.42 Å². The van der Waals surface area contributed by atoms with Gasteiger partial charge in [0.05, 0.1) is 0 Å². The van der Waals surface area contributed by atoms with Gasteiger partial charge in [-0.25, -0.2) is 13.2 Å². The SMILES string of the molecule is O=S(=O)(O)CC(F)C(F)F. The Kier molecular flexibility index (Phi) is 3.10. The van der Waals surface area contributed by atoms with Gasteiger partial charge >= 0.3 is 0 Å². The zero-order valence-electron chi connectivity index (χ0n) is 4.67. The van der Waals surface area contributed by atoms with E-state index >= 15 is 0 Å². The third-order valence-electron chi connectivity index (χ3n) is 0.643. The second-order valence-corrected chi connectivity index (χ2v) is 3.10. The fraction of sp³-hybridized carbons (Fsp3) is 1.00. The van der Waals surface area contributed by atoms with Crippen LogP contribution < -0.4 is 0 Å². The Morgan fingerprint density at radius 1 is 1.30 bits per heavy atom. The second kappa shape index (κ2) is 3.20. The Hall–Kier alpha value is -0.300. The minimum atomic E-state index is -4.62. The van der Waals surface area contributed by atoms with Crippen LogP contribution in [0.25, 0.3) is 0 Å². The summed E-state index contributed by atoms with van der Waals surface area (Å²) in [5.74, 6) is -1.55. The van der Waals surface area contributed by atoms with Crippen LogP contribution in [0.2, 0.25) is 0 Å². The van der Waals surface area contributed by atoms with Gasteiger partial charge in [-0.05, 0) is 0 Å². The highest BCUT2D eigenvalue weighted by Crippen LogP contribution is 2.06. The summed E-state index contributed by atoms with van der Waals surface area (Å²) in [6.45, 7) is 0. The molecule has 1 unspecified atom stereocenters. The van der Waals surface area contributed by atoms with Crippen molar-refractivity contribution < 1.29 is 26.1 Å². The first-order chi connectivity index (χ1) is 4.33. The van der Waals surface area contributed by atoms with Crippen molar-refractivity contribution in [3.05, 3.63) is 0 Å². The van der Waals surface area contributed by atoms with Gasteiger partial charge in [0.15, 0.2) is 6.17 Å². The van der Waals surface area contributed by atoms with E-state index in [1.807, 2.05) is 0 Å². The van der Waals surface area contributed by atoms with Gasteiger partial charge in [0, 0.05) is 0 Å². The summed E-state index contributed by atoms with van der Waals surface area (Å²) in [7, 11) is -4.62. The van der Waals surface area contributed by atoms with E-state index in [1.54, 1.807) is 0 Å². The molecule has 62 valence electrons. The van der Waals surface area contributed by atoms with E-state index in [0.29, 0.717) is 0 Å². The monoisotopic (exact) mass is 178 g/mol. The third kappa shape index (κ3) is 4.57. The molecule has 0 bridgehead atoms. The molecule has 0 rings (SSSR count). The van der Waals surface area contributed by atoms with Crippen molar-refractivity contribution in [1.29, 1.82) is 0 Å². The molecule has 0 aromatic heterocycles. The molecule has 1 atom stereocenters. The van der Waals surface area contributed by atoms with Crippen LogP contribution in [0.15, 0.2) is 0 Å². The highest BCUT2D eigenvalue weighted by molar-refractivity contribution is 7.85. The number of alkyl halides is 3. The lowest BCUT2D eigenvalue weighted by atomic mass is 10.5. The zero-order chi connectivity index (χ0) is 8.36. The van der Waals surface area contributed by atoms with Crippen LogP contribution >= 0.6 is 0 Å². The zero-order valence-corrected chi connectivity index (χ0v) is 5.48. The molecule has 0 aromatic carbocycles. The van der Waals surface area contributed by atoms with Crippen LogP contribution in [0, 0.1) is 0 Å². The van der Waals surface area contributed by atoms with Gasteiger partial charge in [0.1, 0.15) is 5.75 Å². The minimum absolute atomic E-state index is 1.55. The molecule has 0 fully saturated rings. The Labute approximate surface area is 55.6 Å². The highest BCUT2D eigenvalue weighted by Gasteiger charge is 2.24. The third-order valence-corrected chi connectivity index (χ3v) is 1.38. The Balaban J connectivity index is 3.93. The fourth-order valence-electron chi connectivity index (χ4n) is 0.274. The van der Waals surface area contributed by atoms with E-state index in [1.165, 1.54) is 0 Å². The molecule has 10 heavy (non-hydrogen) atoms. The van der Waals surface area contributed by atoms with Gasteiger partial charge in [0.25, 0.3) is 16.5 Å². The minimum Gasteiger partial charge on any atom is -0.285 e. The van der Waals surface area contributed by atoms with Gasteiger partial charge < -0.3 is 0 Å². The van der Waals surface area contributed by atoms with Crippen molar-refractivity contribution in [2.24, 2.45) is 0 Å². The summed E-state index contributed by atoms with van der Waals surface area (Å²) in [6.07, 6.45) is -6.18. The summed E-state index contributed by atoms with van der Waals surface area (Å²) in [5, 5.41) is 0. The molecule has 0 aromatic rings. The summed E-state index contributed by atoms with van der Waals surface area (Å²) in [4.78, 5) is 0. The quantitative estimate of drug-likeness (QED) is 0.639. The summed E-state index contributed by atoms with van der Waals surface area (Å²) in [5.41, 5.74) is 0. The number of halogens is 3. The molecule has 0 aliphatic rings. The fourth-order valence-corrected chi connectivity index (χ4v) is 0.822. The van der Waals surface area contributed by atoms with Crippen LogP contribution in [-0.4, -0.2) is 31.3 Å². The average molecular weight is 178 g/mol. The topological polar surface area (TPSA) is 54.4 Å². The highest BCUT2D eigenvalue weighted by atomic mass is 32.2. The smallest absolute Gasteiger partial charge is 0.270 e. The molecule has 0 spiro atoms. The largest absolute Gasteiger partial charge is 0.285 e. The van der Waals surface area contributed by atoms with E-state index in [0.717, 1.165) is 0 Å².